The molecule has 1 saturated heterocycles. The van der Waals surface area contributed by atoms with Crippen LogP contribution in [0.2, 0.25) is 0 Å². The molecular formula is C15H19N3O3. The summed E-state index contributed by atoms with van der Waals surface area (Å²) in [6.45, 7) is 1.76. The summed E-state index contributed by atoms with van der Waals surface area (Å²) < 4.78 is 0. The lowest BCUT2D eigenvalue weighted by Crippen LogP contribution is -2.46. The van der Waals surface area contributed by atoms with Gasteiger partial charge in [-0.15, -0.1) is 0 Å². The third kappa shape index (κ3) is 5.27. The lowest BCUT2D eigenvalue weighted by molar-refractivity contribution is -0.131. The highest BCUT2D eigenvalue weighted by Crippen LogP contribution is 2.11. The molecule has 3 N–H and O–H groups in total. The molecule has 0 unspecified atom stereocenters. The maximum absolute atomic E-state index is 11.8. The number of hydrogen-bond acceptors (Lipinski definition) is 3. The summed E-state index contributed by atoms with van der Waals surface area (Å²) in [5.41, 5.74) is 4.24. The van der Waals surface area contributed by atoms with Gasteiger partial charge in [-0.1, -0.05) is 18.6 Å². The Morgan fingerprint density at radius 1 is 1.10 bits per heavy atom. The summed E-state index contributed by atoms with van der Waals surface area (Å²) in [5, 5.41) is 13.2. The second-order valence-electron chi connectivity index (χ2n) is 4.91. The molecule has 1 heterocycles. The van der Waals surface area contributed by atoms with Crippen LogP contribution < -0.4 is 10.7 Å². The molecule has 112 valence electrons. The van der Waals surface area contributed by atoms with Gasteiger partial charge in [0.1, 0.15) is 0 Å². The number of hydrazine groups is 1. The average molecular weight is 289 g/mol. The maximum atomic E-state index is 11.8. The van der Waals surface area contributed by atoms with Crippen LogP contribution in [0.4, 0.5) is 10.5 Å². The van der Waals surface area contributed by atoms with E-state index in [2.05, 4.69) is 10.7 Å². The van der Waals surface area contributed by atoms with Crippen molar-refractivity contribution in [1.29, 1.82) is 0 Å². The molecule has 0 bridgehead atoms. The predicted octanol–water partition coefficient (Wildman–Crippen LogP) is 2.31. The van der Waals surface area contributed by atoms with Crippen molar-refractivity contribution in [2.75, 3.05) is 18.4 Å². The standard InChI is InChI=1S/C15H19N3O3/c19-14(20)9-6-12-4-7-13(8-5-12)16-15(21)17-18-10-2-1-3-11-18/h4-9H,1-3,10-11H2,(H,19,20)(H2,16,17,21)/b9-6+. The molecule has 1 aliphatic heterocycles. The van der Waals surface area contributed by atoms with E-state index in [4.69, 9.17) is 5.11 Å². The van der Waals surface area contributed by atoms with Gasteiger partial charge in [-0.2, -0.15) is 0 Å². The van der Waals surface area contributed by atoms with E-state index < -0.39 is 5.97 Å². The molecule has 6 heteroatoms. The lowest BCUT2D eigenvalue weighted by atomic mass is 10.2. The van der Waals surface area contributed by atoms with E-state index in [0.29, 0.717) is 5.69 Å². The van der Waals surface area contributed by atoms with Gasteiger partial charge in [0.25, 0.3) is 0 Å². The van der Waals surface area contributed by atoms with Gasteiger partial charge in [-0.25, -0.2) is 14.6 Å². The molecule has 6 nitrogen and oxygen atoms in total. The number of aliphatic carboxylic acids is 1. The number of carbonyl (C=O) groups is 2. The Hall–Kier alpha value is -2.34. The van der Waals surface area contributed by atoms with Crippen molar-refractivity contribution in [3.05, 3.63) is 35.9 Å². The first kappa shape index (κ1) is 15.1. The summed E-state index contributed by atoms with van der Waals surface area (Å²) in [7, 11) is 0. The molecular weight excluding hydrogens is 270 g/mol. The number of carboxylic acid groups (broad SMARTS) is 1. The highest BCUT2D eigenvalue weighted by atomic mass is 16.4. The quantitative estimate of drug-likeness (QED) is 0.743. The third-order valence-electron chi connectivity index (χ3n) is 3.20. The number of anilines is 1. The first-order valence-electron chi connectivity index (χ1n) is 6.97. The Morgan fingerprint density at radius 3 is 2.38 bits per heavy atom. The second-order valence-corrected chi connectivity index (χ2v) is 4.91. The van der Waals surface area contributed by atoms with Crippen LogP contribution >= 0.6 is 0 Å². The first-order valence-corrected chi connectivity index (χ1v) is 6.97. The molecule has 1 aromatic rings. The van der Waals surface area contributed by atoms with Gasteiger partial charge in [0.2, 0.25) is 0 Å². The summed E-state index contributed by atoms with van der Waals surface area (Å²) in [6, 6.07) is 6.70. The fourth-order valence-corrected chi connectivity index (χ4v) is 2.15. The minimum atomic E-state index is -0.988. The van der Waals surface area contributed by atoms with Crippen LogP contribution in [-0.2, 0) is 4.79 Å². The molecule has 0 atom stereocenters. The molecule has 0 aromatic heterocycles. The van der Waals surface area contributed by atoms with E-state index in [1.165, 1.54) is 12.5 Å². The largest absolute Gasteiger partial charge is 0.478 e. The number of nitrogens with one attached hydrogen (secondary N) is 2. The summed E-state index contributed by atoms with van der Waals surface area (Å²) in [6.07, 6.45) is 5.99. The number of carbonyl (C=O) groups excluding carboxylic acids is 1. The zero-order valence-electron chi connectivity index (χ0n) is 11.7. The number of piperidine rings is 1. The van der Waals surface area contributed by atoms with Crippen LogP contribution in [0.15, 0.2) is 30.3 Å². The van der Waals surface area contributed by atoms with Crippen LogP contribution in [0, 0.1) is 0 Å². The Labute approximate surface area is 123 Å². The number of nitrogens with zero attached hydrogens (tertiary/aromatic N) is 1. The minimum Gasteiger partial charge on any atom is -0.478 e. The number of benzene rings is 1. The van der Waals surface area contributed by atoms with E-state index in [0.717, 1.165) is 37.6 Å². The number of amides is 2. The molecule has 0 aliphatic carbocycles. The Balaban J connectivity index is 1.84. The molecule has 0 radical (unpaired) electrons. The van der Waals surface area contributed by atoms with Crippen LogP contribution in [0.3, 0.4) is 0 Å². The fourth-order valence-electron chi connectivity index (χ4n) is 2.15. The van der Waals surface area contributed by atoms with E-state index in [-0.39, 0.29) is 6.03 Å². The topological polar surface area (TPSA) is 81.7 Å². The summed E-state index contributed by atoms with van der Waals surface area (Å²) in [4.78, 5) is 22.2. The zero-order valence-corrected chi connectivity index (χ0v) is 11.7. The van der Waals surface area contributed by atoms with E-state index in [1.807, 2.05) is 5.01 Å². The predicted molar refractivity (Wildman–Crippen MR) is 80.7 cm³/mol. The fraction of sp³-hybridized carbons (Fsp3) is 0.333. The van der Waals surface area contributed by atoms with Gasteiger partial charge in [0, 0.05) is 24.9 Å². The minimum absolute atomic E-state index is 0.259. The average Bonchev–Trinajstić information content (AvgIpc) is 2.47. The van der Waals surface area contributed by atoms with Crippen molar-refractivity contribution in [2.24, 2.45) is 0 Å². The number of rotatable bonds is 4. The Morgan fingerprint density at radius 2 is 1.76 bits per heavy atom. The SMILES string of the molecule is O=C(O)/C=C/c1ccc(NC(=O)NN2CCCCC2)cc1. The van der Waals surface area contributed by atoms with Gasteiger partial charge in [0.15, 0.2) is 0 Å². The van der Waals surface area contributed by atoms with Crippen molar-refractivity contribution >= 4 is 23.8 Å². The number of urea groups is 1. The van der Waals surface area contributed by atoms with Gasteiger partial charge < -0.3 is 10.4 Å². The first-order chi connectivity index (χ1) is 10.1. The summed E-state index contributed by atoms with van der Waals surface area (Å²) in [5.74, 6) is -0.988. The normalized spacial score (nSPS) is 15.8. The van der Waals surface area contributed by atoms with Gasteiger partial charge in [-0.05, 0) is 36.6 Å². The second kappa shape index (κ2) is 7.44. The van der Waals surface area contributed by atoms with Crippen molar-refractivity contribution < 1.29 is 14.7 Å². The van der Waals surface area contributed by atoms with Gasteiger partial charge in [0.05, 0.1) is 0 Å². The zero-order chi connectivity index (χ0) is 15.1. The smallest absolute Gasteiger partial charge is 0.333 e. The van der Waals surface area contributed by atoms with E-state index in [9.17, 15) is 9.59 Å². The van der Waals surface area contributed by atoms with Crippen molar-refractivity contribution in [2.45, 2.75) is 19.3 Å². The van der Waals surface area contributed by atoms with Crippen LogP contribution in [0.25, 0.3) is 6.08 Å². The van der Waals surface area contributed by atoms with Gasteiger partial charge in [-0.3, -0.25) is 5.43 Å². The highest BCUT2D eigenvalue weighted by Gasteiger charge is 2.12. The molecule has 1 aromatic carbocycles. The van der Waals surface area contributed by atoms with E-state index in [1.54, 1.807) is 24.3 Å². The third-order valence-corrected chi connectivity index (χ3v) is 3.20. The maximum Gasteiger partial charge on any atom is 0.333 e. The van der Waals surface area contributed by atoms with Crippen LogP contribution in [0.5, 0.6) is 0 Å². The lowest BCUT2D eigenvalue weighted by Gasteiger charge is -2.26. The van der Waals surface area contributed by atoms with Crippen molar-refractivity contribution in [1.82, 2.24) is 10.4 Å². The Bertz CT molecular complexity index is 519. The molecule has 1 aliphatic rings. The molecule has 1 fully saturated rings. The summed E-state index contributed by atoms with van der Waals surface area (Å²) >= 11 is 0. The van der Waals surface area contributed by atoms with Crippen molar-refractivity contribution in [3.63, 3.8) is 0 Å². The molecule has 2 amide bonds. The monoisotopic (exact) mass is 289 g/mol. The van der Waals surface area contributed by atoms with E-state index >= 15 is 0 Å². The van der Waals surface area contributed by atoms with Gasteiger partial charge >= 0.3 is 12.0 Å². The molecule has 21 heavy (non-hydrogen) atoms. The molecule has 0 saturated carbocycles. The highest BCUT2D eigenvalue weighted by molar-refractivity contribution is 5.89. The van der Waals surface area contributed by atoms with Crippen LogP contribution in [0.1, 0.15) is 24.8 Å². The Kier molecular flexibility index (Phi) is 5.34. The number of hydrogen-bond donors (Lipinski definition) is 3. The molecule has 0 spiro atoms. The molecule has 2 rings (SSSR count). The number of carboxylic acids is 1. The van der Waals surface area contributed by atoms with Crippen molar-refractivity contribution in [3.8, 4) is 0 Å². The van der Waals surface area contributed by atoms with Crippen LogP contribution in [-0.4, -0.2) is 35.2 Å².